The number of aliphatic hydroxyl groups excluding tert-OH is 1. The van der Waals surface area contributed by atoms with Crippen LogP contribution in [0.25, 0.3) is 0 Å². The second-order valence-corrected chi connectivity index (χ2v) is 6.11. The van der Waals surface area contributed by atoms with Crippen molar-refractivity contribution in [2.24, 2.45) is 0 Å². The van der Waals surface area contributed by atoms with Crippen molar-refractivity contribution in [1.29, 1.82) is 0 Å². The van der Waals surface area contributed by atoms with Crippen LogP contribution in [0.5, 0.6) is 0 Å². The smallest absolute Gasteiger partial charge is 0.332 e. The standard InChI is InChI=1S/C15H19NO4S/c17-13(15(19)20)6-7-16-14(18)9-21-12-5-4-10-2-1-3-11(10)8-12/h4-5,8,13,17H,1-3,6-7,9H2,(H,16,18)(H,19,20)/t13-/m0/s1. The number of carbonyl (C=O) groups excluding carboxylic acids is 1. The normalized spacial score (nSPS) is 14.5. The summed E-state index contributed by atoms with van der Waals surface area (Å²) in [7, 11) is 0. The summed E-state index contributed by atoms with van der Waals surface area (Å²) in [5.41, 5.74) is 2.79. The van der Waals surface area contributed by atoms with Gasteiger partial charge >= 0.3 is 5.97 Å². The van der Waals surface area contributed by atoms with E-state index in [-0.39, 0.29) is 18.9 Å². The molecule has 1 atom stereocenters. The average Bonchev–Trinajstić information content (AvgIpc) is 2.92. The second-order valence-electron chi connectivity index (χ2n) is 5.07. The van der Waals surface area contributed by atoms with Crippen LogP contribution < -0.4 is 5.32 Å². The predicted octanol–water partition coefficient (Wildman–Crippen LogP) is 1.22. The Hall–Kier alpha value is -1.53. The number of carboxylic acids is 1. The highest BCUT2D eigenvalue weighted by atomic mass is 32.2. The minimum Gasteiger partial charge on any atom is -0.479 e. The number of aliphatic carboxylic acids is 1. The van der Waals surface area contributed by atoms with Crippen molar-refractivity contribution in [1.82, 2.24) is 5.32 Å². The number of hydrogen-bond acceptors (Lipinski definition) is 4. The first kappa shape index (κ1) is 15.9. The van der Waals surface area contributed by atoms with Crippen molar-refractivity contribution in [3.05, 3.63) is 29.3 Å². The van der Waals surface area contributed by atoms with Crippen molar-refractivity contribution in [2.75, 3.05) is 12.3 Å². The summed E-state index contributed by atoms with van der Waals surface area (Å²) in [5.74, 6) is -1.13. The highest BCUT2D eigenvalue weighted by Crippen LogP contribution is 2.27. The van der Waals surface area contributed by atoms with Crippen LogP contribution in [0.15, 0.2) is 23.1 Å². The van der Waals surface area contributed by atoms with E-state index in [1.807, 2.05) is 6.07 Å². The molecule has 0 radical (unpaired) electrons. The lowest BCUT2D eigenvalue weighted by Crippen LogP contribution is -2.31. The molecule has 0 saturated carbocycles. The molecule has 1 aliphatic rings. The summed E-state index contributed by atoms with van der Waals surface area (Å²) in [6.07, 6.45) is 2.06. The first-order valence-corrected chi connectivity index (χ1v) is 7.97. The Kier molecular flexibility index (Phi) is 5.64. The molecule has 0 heterocycles. The van der Waals surface area contributed by atoms with Gasteiger partial charge in [0.1, 0.15) is 0 Å². The molecule has 1 amide bonds. The molecule has 0 aliphatic heterocycles. The molecule has 0 unspecified atom stereocenters. The highest BCUT2D eigenvalue weighted by Gasteiger charge is 2.14. The minimum atomic E-state index is -1.42. The topological polar surface area (TPSA) is 86.6 Å². The van der Waals surface area contributed by atoms with Crippen LogP contribution in [0.2, 0.25) is 0 Å². The average molecular weight is 309 g/mol. The van der Waals surface area contributed by atoms with Gasteiger partial charge in [0.15, 0.2) is 6.10 Å². The van der Waals surface area contributed by atoms with Crippen LogP contribution in [0.1, 0.15) is 24.0 Å². The number of fused-ring (bicyclic) bond motifs is 1. The molecule has 5 nitrogen and oxygen atoms in total. The number of carbonyl (C=O) groups is 2. The summed E-state index contributed by atoms with van der Waals surface area (Å²) in [6, 6.07) is 6.32. The fourth-order valence-corrected chi connectivity index (χ4v) is 3.10. The number of carboxylic acid groups (broad SMARTS) is 1. The van der Waals surface area contributed by atoms with Gasteiger partial charge < -0.3 is 15.5 Å². The van der Waals surface area contributed by atoms with E-state index in [0.29, 0.717) is 5.75 Å². The molecule has 0 fully saturated rings. The Morgan fingerprint density at radius 3 is 2.81 bits per heavy atom. The third-order valence-electron chi connectivity index (χ3n) is 3.46. The number of thioether (sulfide) groups is 1. The lowest BCUT2D eigenvalue weighted by molar-refractivity contribution is -0.147. The molecule has 0 saturated heterocycles. The molecule has 114 valence electrons. The number of aliphatic hydroxyl groups is 1. The van der Waals surface area contributed by atoms with E-state index in [0.717, 1.165) is 17.7 Å². The Bertz CT molecular complexity index is 532. The van der Waals surface area contributed by atoms with Gasteiger partial charge in [0, 0.05) is 17.9 Å². The second kappa shape index (κ2) is 7.47. The van der Waals surface area contributed by atoms with Gasteiger partial charge in [0.25, 0.3) is 0 Å². The van der Waals surface area contributed by atoms with E-state index in [9.17, 15) is 9.59 Å². The first-order chi connectivity index (χ1) is 10.1. The van der Waals surface area contributed by atoms with Crippen LogP contribution in [0, 0.1) is 0 Å². The number of amides is 1. The van der Waals surface area contributed by atoms with E-state index in [1.54, 1.807) is 0 Å². The summed E-state index contributed by atoms with van der Waals surface area (Å²) in [5, 5.41) is 20.2. The highest BCUT2D eigenvalue weighted by molar-refractivity contribution is 8.00. The largest absolute Gasteiger partial charge is 0.479 e. The van der Waals surface area contributed by atoms with Gasteiger partial charge in [-0.25, -0.2) is 4.79 Å². The molecule has 3 N–H and O–H groups in total. The fraction of sp³-hybridized carbons (Fsp3) is 0.467. The Balaban J connectivity index is 1.70. The van der Waals surface area contributed by atoms with Crippen LogP contribution in [0.4, 0.5) is 0 Å². The van der Waals surface area contributed by atoms with Crippen molar-refractivity contribution in [3.8, 4) is 0 Å². The number of rotatable bonds is 7. The number of hydrogen-bond donors (Lipinski definition) is 3. The van der Waals surface area contributed by atoms with Crippen molar-refractivity contribution in [2.45, 2.75) is 36.7 Å². The quantitative estimate of drug-likeness (QED) is 0.659. The van der Waals surface area contributed by atoms with Crippen molar-refractivity contribution in [3.63, 3.8) is 0 Å². The maximum Gasteiger partial charge on any atom is 0.332 e. The maximum atomic E-state index is 11.6. The zero-order valence-electron chi connectivity index (χ0n) is 11.7. The lowest BCUT2D eigenvalue weighted by atomic mass is 10.1. The zero-order valence-corrected chi connectivity index (χ0v) is 12.5. The molecule has 6 heteroatoms. The zero-order chi connectivity index (χ0) is 15.2. The van der Waals surface area contributed by atoms with Crippen molar-refractivity contribution >= 4 is 23.6 Å². The number of nitrogens with one attached hydrogen (secondary N) is 1. The summed E-state index contributed by atoms with van der Waals surface area (Å²) in [4.78, 5) is 23.1. The van der Waals surface area contributed by atoms with E-state index >= 15 is 0 Å². The number of benzene rings is 1. The van der Waals surface area contributed by atoms with E-state index in [4.69, 9.17) is 10.2 Å². The Labute approximate surface area is 127 Å². The molecule has 1 aliphatic carbocycles. The third kappa shape index (κ3) is 4.75. The Morgan fingerprint density at radius 2 is 2.05 bits per heavy atom. The molecular weight excluding hydrogens is 290 g/mol. The van der Waals surface area contributed by atoms with Crippen molar-refractivity contribution < 1.29 is 19.8 Å². The fourth-order valence-electron chi connectivity index (χ4n) is 2.31. The number of aryl methyl sites for hydroxylation is 2. The van der Waals surface area contributed by atoms with Gasteiger partial charge in [-0.1, -0.05) is 6.07 Å². The molecule has 0 aromatic heterocycles. The summed E-state index contributed by atoms with van der Waals surface area (Å²) < 4.78 is 0. The molecule has 1 aromatic carbocycles. The monoisotopic (exact) mass is 309 g/mol. The van der Waals surface area contributed by atoms with Crippen LogP contribution >= 0.6 is 11.8 Å². The van der Waals surface area contributed by atoms with Gasteiger partial charge in [-0.2, -0.15) is 0 Å². The van der Waals surface area contributed by atoms with E-state index in [1.165, 1.54) is 29.3 Å². The van der Waals surface area contributed by atoms with Crippen LogP contribution in [-0.2, 0) is 22.4 Å². The molecular formula is C15H19NO4S. The van der Waals surface area contributed by atoms with Gasteiger partial charge in [-0.15, -0.1) is 11.8 Å². The van der Waals surface area contributed by atoms with Gasteiger partial charge in [-0.3, -0.25) is 4.79 Å². The Morgan fingerprint density at radius 1 is 1.29 bits per heavy atom. The van der Waals surface area contributed by atoms with Gasteiger partial charge in [0.2, 0.25) is 5.91 Å². The lowest BCUT2D eigenvalue weighted by Gasteiger charge is -2.08. The molecule has 2 rings (SSSR count). The first-order valence-electron chi connectivity index (χ1n) is 6.98. The predicted molar refractivity (Wildman–Crippen MR) is 80.5 cm³/mol. The molecule has 0 spiro atoms. The minimum absolute atomic E-state index is 0.0184. The SMILES string of the molecule is O=C(CSc1ccc2c(c1)CCC2)NCC[C@H](O)C(=O)O. The van der Waals surface area contributed by atoms with Gasteiger partial charge in [0.05, 0.1) is 5.75 Å². The van der Waals surface area contributed by atoms with E-state index in [2.05, 4.69) is 17.4 Å². The summed E-state index contributed by atoms with van der Waals surface area (Å²) in [6.45, 7) is 0.164. The maximum absolute atomic E-state index is 11.6. The molecule has 1 aromatic rings. The van der Waals surface area contributed by atoms with E-state index < -0.39 is 12.1 Å². The molecule has 0 bridgehead atoms. The van der Waals surface area contributed by atoms with Crippen LogP contribution in [0.3, 0.4) is 0 Å². The third-order valence-corrected chi connectivity index (χ3v) is 4.46. The molecule has 21 heavy (non-hydrogen) atoms. The summed E-state index contributed by atoms with van der Waals surface area (Å²) >= 11 is 1.47. The van der Waals surface area contributed by atoms with Gasteiger partial charge in [-0.05, 0) is 42.5 Å². The van der Waals surface area contributed by atoms with Crippen LogP contribution in [-0.4, -0.2) is 40.5 Å².